The summed E-state index contributed by atoms with van der Waals surface area (Å²) in [6.45, 7) is 10.7. The minimum atomic E-state index is -1.10. The second-order valence-corrected chi connectivity index (χ2v) is 13.3. The molecule has 0 aromatic rings. The Morgan fingerprint density at radius 2 is 0.490 bits per heavy atom. The third kappa shape index (κ3) is 87.8. The first kappa shape index (κ1) is 58.1. The minimum Gasteiger partial charge on any atom is -0.481 e. The summed E-state index contributed by atoms with van der Waals surface area (Å²) in [5.74, 6) is -2.67. The third-order valence-corrected chi connectivity index (χ3v) is 7.79. The van der Waals surface area contributed by atoms with Crippen LogP contribution in [0.4, 0.5) is 0 Å². The van der Waals surface area contributed by atoms with E-state index in [0.717, 1.165) is 64.2 Å². The zero-order chi connectivity index (χ0) is 39.8. The van der Waals surface area contributed by atoms with Gasteiger partial charge in [-0.3, -0.25) is 19.2 Å². The maximum atomic E-state index is 10.1. The fraction of sp³-hybridized carbons (Fsp3) is 0.902. The highest BCUT2D eigenvalue weighted by atomic mass is 16.5. The maximum Gasteiger partial charge on any atom is 0.303 e. The monoisotopic (exact) mass is 737 g/mol. The van der Waals surface area contributed by atoms with Gasteiger partial charge in [0, 0.05) is 25.7 Å². The molecule has 0 aliphatic heterocycles. The summed E-state index contributed by atoms with van der Waals surface area (Å²) in [6.07, 6.45) is 30.4. The Bertz CT molecular complexity index is 646. The van der Waals surface area contributed by atoms with Gasteiger partial charge >= 0.3 is 23.9 Å². The lowest BCUT2D eigenvalue weighted by Gasteiger charge is -1.98. The van der Waals surface area contributed by atoms with Gasteiger partial charge in [0.05, 0.1) is 0 Å². The molecule has 0 saturated heterocycles. The lowest BCUT2D eigenvalue weighted by Crippen LogP contribution is -2.02. The van der Waals surface area contributed by atoms with Crippen molar-refractivity contribution < 1.29 is 49.8 Å². The molecule has 0 radical (unpaired) electrons. The van der Waals surface area contributed by atoms with Crippen molar-refractivity contribution in [2.24, 2.45) is 0 Å². The zero-order valence-corrected chi connectivity index (χ0v) is 33.8. The summed E-state index contributed by atoms with van der Waals surface area (Å²) in [6, 6.07) is 0. The van der Waals surface area contributed by atoms with E-state index in [-0.39, 0.29) is 0 Å². The first-order valence-corrected chi connectivity index (χ1v) is 20.6. The van der Waals surface area contributed by atoms with E-state index in [1.165, 1.54) is 103 Å². The number of carboxylic acids is 4. The van der Waals surface area contributed by atoms with Crippen LogP contribution in [-0.2, 0) is 19.2 Å². The summed E-state index contributed by atoms with van der Waals surface area (Å²) in [5.41, 5.74) is 0. The van der Waals surface area contributed by atoms with Crippen molar-refractivity contribution in [3.05, 3.63) is 0 Å². The highest BCUT2D eigenvalue weighted by Gasteiger charge is 1.98. The van der Waals surface area contributed by atoms with E-state index >= 15 is 0 Å². The average Bonchev–Trinajstić information content (AvgIpc) is 3.07. The van der Waals surface area contributed by atoms with Crippen LogP contribution in [-0.4, -0.2) is 60.8 Å². The van der Waals surface area contributed by atoms with Gasteiger partial charge in [0.25, 0.3) is 0 Å². The molecule has 6 N–H and O–H groups in total. The summed E-state index contributed by atoms with van der Waals surface area (Å²) < 4.78 is 0. The van der Waals surface area contributed by atoms with Crippen LogP contribution in [0.5, 0.6) is 0 Å². The predicted octanol–water partition coefficient (Wildman–Crippen LogP) is 11.8. The molecule has 0 amide bonds. The highest BCUT2D eigenvalue weighted by Crippen LogP contribution is 2.09. The smallest absolute Gasteiger partial charge is 0.303 e. The summed E-state index contributed by atoms with van der Waals surface area (Å²) in [5, 5.41) is 49.7. The van der Waals surface area contributed by atoms with Gasteiger partial charge in [0.15, 0.2) is 6.29 Å². The van der Waals surface area contributed by atoms with Gasteiger partial charge in [-0.05, 0) is 38.5 Å². The van der Waals surface area contributed by atoms with Gasteiger partial charge in [0.2, 0.25) is 0 Å². The SMILES string of the molecule is CCCCC(O)O.CCCCCCCC(=O)O.CCCCCCCC(=O)O.CCCCCCCCCC(=O)O.CCCCCCCCCC(=O)O. The molecule has 0 aromatic heterocycles. The largest absolute Gasteiger partial charge is 0.481 e. The lowest BCUT2D eigenvalue weighted by atomic mass is 10.1. The number of unbranched alkanes of at least 4 members (excludes halogenated alkanes) is 21. The van der Waals surface area contributed by atoms with E-state index in [9.17, 15) is 19.2 Å². The van der Waals surface area contributed by atoms with Crippen LogP contribution in [0.25, 0.3) is 0 Å². The Kier molecular flexibility index (Phi) is 62.2. The average molecular weight is 737 g/mol. The van der Waals surface area contributed by atoms with E-state index < -0.39 is 30.2 Å². The molecular weight excluding hydrogens is 652 g/mol. The molecule has 0 bridgehead atoms. The molecule has 0 saturated carbocycles. The van der Waals surface area contributed by atoms with E-state index in [0.29, 0.717) is 32.1 Å². The molecule has 308 valence electrons. The Balaban J connectivity index is -0.000000175. The predicted molar refractivity (Wildman–Crippen MR) is 210 cm³/mol. The Morgan fingerprint density at radius 1 is 0.314 bits per heavy atom. The Morgan fingerprint density at radius 3 is 0.627 bits per heavy atom. The Labute approximate surface area is 313 Å². The van der Waals surface area contributed by atoms with Crippen LogP contribution in [0.15, 0.2) is 0 Å². The zero-order valence-electron chi connectivity index (χ0n) is 33.8. The van der Waals surface area contributed by atoms with E-state index in [2.05, 4.69) is 27.7 Å². The van der Waals surface area contributed by atoms with Crippen molar-refractivity contribution in [2.75, 3.05) is 0 Å². The molecular formula is C41H84O10. The molecule has 0 aromatic carbocycles. The number of rotatable bonds is 31. The molecule has 0 fully saturated rings. The number of aliphatic hydroxyl groups is 2. The molecule has 0 heterocycles. The molecule has 0 aliphatic rings. The molecule has 0 spiro atoms. The van der Waals surface area contributed by atoms with Crippen molar-refractivity contribution in [1.29, 1.82) is 0 Å². The fourth-order valence-corrected chi connectivity index (χ4v) is 4.61. The fourth-order valence-electron chi connectivity index (χ4n) is 4.61. The number of aliphatic hydroxyl groups excluding tert-OH is 1. The molecule has 0 atom stereocenters. The second kappa shape index (κ2) is 54.6. The Hall–Kier alpha value is -2.20. The number of carboxylic acid groups (broad SMARTS) is 4. The third-order valence-electron chi connectivity index (χ3n) is 7.79. The number of aliphatic carboxylic acids is 4. The van der Waals surface area contributed by atoms with E-state index in [4.69, 9.17) is 30.6 Å². The number of hydrogen-bond donors (Lipinski definition) is 6. The van der Waals surface area contributed by atoms with Crippen LogP contribution >= 0.6 is 0 Å². The molecule has 0 rings (SSSR count). The van der Waals surface area contributed by atoms with Crippen molar-refractivity contribution in [2.45, 2.75) is 240 Å². The van der Waals surface area contributed by atoms with Crippen molar-refractivity contribution in [3.63, 3.8) is 0 Å². The standard InChI is InChI=1S/2C10H20O2.2C8H16O2.C5H12O2/c2*1-2-3-4-5-6-7-8-9-10(11)12;2*1-2-3-4-5-6-7-8(9)10;1-2-3-4-5(6)7/h2*2-9H2,1H3,(H,11,12);2*2-7H2,1H3,(H,9,10);5-7H,2-4H2,1H3. The van der Waals surface area contributed by atoms with Crippen molar-refractivity contribution >= 4 is 23.9 Å². The molecule has 0 unspecified atom stereocenters. The van der Waals surface area contributed by atoms with Gasteiger partial charge in [-0.2, -0.15) is 0 Å². The maximum absolute atomic E-state index is 10.1. The van der Waals surface area contributed by atoms with Crippen LogP contribution < -0.4 is 0 Å². The van der Waals surface area contributed by atoms with Crippen LogP contribution in [0.1, 0.15) is 234 Å². The normalized spacial score (nSPS) is 9.96. The van der Waals surface area contributed by atoms with Crippen molar-refractivity contribution in [1.82, 2.24) is 0 Å². The first-order chi connectivity index (χ1) is 24.4. The molecule has 10 heteroatoms. The summed E-state index contributed by atoms with van der Waals surface area (Å²) in [4.78, 5) is 40.3. The number of carbonyl (C=O) groups is 4. The van der Waals surface area contributed by atoms with E-state index in [1.54, 1.807) is 0 Å². The van der Waals surface area contributed by atoms with Gasteiger partial charge in [-0.1, -0.05) is 169 Å². The van der Waals surface area contributed by atoms with Gasteiger partial charge < -0.3 is 30.6 Å². The minimum absolute atomic E-state index is 0.337. The van der Waals surface area contributed by atoms with Gasteiger partial charge in [0.1, 0.15) is 0 Å². The number of hydrogen-bond acceptors (Lipinski definition) is 6. The quantitative estimate of drug-likeness (QED) is 0.0295. The highest BCUT2D eigenvalue weighted by molar-refractivity contribution is 5.67. The summed E-state index contributed by atoms with van der Waals surface area (Å²) >= 11 is 0. The molecule has 0 aliphatic carbocycles. The van der Waals surface area contributed by atoms with Crippen LogP contribution in [0.3, 0.4) is 0 Å². The second-order valence-electron chi connectivity index (χ2n) is 13.3. The van der Waals surface area contributed by atoms with E-state index in [1.807, 2.05) is 6.92 Å². The van der Waals surface area contributed by atoms with Crippen LogP contribution in [0.2, 0.25) is 0 Å². The van der Waals surface area contributed by atoms with Crippen molar-refractivity contribution in [3.8, 4) is 0 Å². The van der Waals surface area contributed by atoms with Crippen LogP contribution in [0, 0.1) is 0 Å². The van der Waals surface area contributed by atoms with Gasteiger partial charge in [-0.15, -0.1) is 0 Å². The summed E-state index contributed by atoms with van der Waals surface area (Å²) in [7, 11) is 0. The topological polar surface area (TPSA) is 190 Å². The first-order valence-electron chi connectivity index (χ1n) is 20.6. The molecule has 51 heavy (non-hydrogen) atoms. The molecule has 10 nitrogen and oxygen atoms in total. The lowest BCUT2D eigenvalue weighted by molar-refractivity contribution is -0.138. The van der Waals surface area contributed by atoms with Gasteiger partial charge in [-0.25, -0.2) is 0 Å².